The Bertz CT molecular complexity index is 1020. The maximum Gasteiger partial charge on any atom is 0.326 e. The van der Waals surface area contributed by atoms with Gasteiger partial charge in [-0.1, -0.05) is 32.4 Å². The molecule has 1 aromatic rings. The van der Waals surface area contributed by atoms with Gasteiger partial charge >= 0.3 is 5.97 Å². The molecule has 230 valence electrons. The number of hydrogen-bond acceptors (Lipinski definition) is 8. The van der Waals surface area contributed by atoms with Gasteiger partial charge in [-0.25, -0.2) is 4.79 Å². The van der Waals surface area contributed by atoms with Crippen LogP contribution >= 0.6 is 0 Å². The summed E-state index contributed by atoms with van der Waals surface area (Å²) in [6.45, 7) is 4.10. The van der Waals surface area contributed by atoms with Gasteiger partial charge in [0, 0.05) is 6.54 Å². The number of benzene rings is 1. The number of nitrogens with zero attached hydrogens (tertiary/aromatic N) is 1. The molecule has 0 saturated carbocycles. The molecule has 0 heterocycles. The Labute approximate surface area is 240 Å². The number of nitrogens with one attached hydrogen (secondary N) is 3. The summed E-state index contributed by atoms with van der Waals surface area (Å²) in [7, 11) is 0. The second-order valence-corrected chi connectivity index (χ2v) is 10.0. The van der Waals surface area contributed by atoms with E-state index in [1.807, 2.05) is 6.92 Å². The van der Waals surface area contributed by atoms with Crippen molar-refractivity contribution in [3.05, 3.63) is 29.8 Å². The number of carbonyl (C=O) groups is 4. The lowest BCUT2D eigenvalue weighted by Crippen LogP contribution is -2.57. The molecular weight excluding hydrogens is 532 g/mol. The molecule has 0 radical (unpaired) electrons. The summed E-state index contributed by atoms with van der Waals surface area (Å²) in [5, 5.41) is 26.9. The van der Waals surface area contributed by atoms with E-state index in [2.05, 4.69) is 20.9 Å². The number of hydrogen-bond donors (Lipinski definition) is 9. The van der Waals surface area contributed by atoms with Gasteiger partial charge in [0.05, 0.1) is 6.04 Å². The average Bonchev–Trinajstić information content (AvgIpc) is 2.92. The Morgan fingerprint density at radius 1 is 0.902 bits per heavy atom. The van der Waals surface area contributed by atoms with Crippen LogP contribution in [0.3, 0.4) is 0 Å². The van der Waals surface area contributed by atoms with E-state index in [9.17, 15) is 29.4 Å². The van der Waals surface area contributed by atoms with Crippen LogP contribution in [0, 0.1) is 5.92 Å². The molecule has 0 bridgehead atoms. The molecule has 14 heteroatoms. The van der Waals surface area contributed by atoms with Crippen LogP contribution < -0.4 is 38.9 Å². The van der Waals surface area contributed by atoms with Crippen LogP contribution in [0.2, 0.25) is 0 Å². The van der Waals surface area contributed by atoms with Crippen LogP contribution in [-0.4, -0.2) is 77.1 Å². The Morgan fingerprint density at radius 2 is 1.46 bits per heavy atom. The van der Waals surface area contributed by atoms with Crippen molar-refractivity contribution in [1.29, 1.82) is 0 Å². The number of aromatic hydroxyl groups is 1. The second kappa shape index (κ2) is 18.4. The summed E-state index contributed by atoms with van der Waals surface area (Å²) < 4.78 is 0. The molecule has 0 aliphatic rings. The maximum absolute atomic E-state index is 13.4. The molecule has 0 aliphatic carbocycles. The first-order chi connectivity index (χ1) is 19.4. The lowest BCUT2D eigenvalue weighted by molar-refractivity contribution is -0.144. The standard InChI is InChI=1S/C27H46N8O6/c1-3-16(2)22(26(40)41)35-25(39)21(8-6-14-32-27(30)31)34-24(38)20(7-4-5-13-28)33-23(37)19(29)15-17-9-11-18(36)12-10-17/h9-12,16,19-22,36H,3-8,13-15,28-29H2,1-2H3,(H,33,37)(H,34,38)(H,35,39)(H,40,41)(H4,30,31,32). The molecule has 41 heavy (non-hydrogen) atoms. The number of carboxylic acids is 1. The Morgan fingerprint density at radius 3 is 2.00 bits per heavy atom. The third-order valence-electron chi connectivity index (χ3n) is 6.66. The molecule has 0 spiro atoms. The SMILES string of the molecule is CCC(C)C(NC(=O)C(CCCN=C(N)N)NC(=O)C(CCCCN)NC(=O)C(N)Cc1ccc(O)cc1)C(=O)O. The van der Waals surface area contributed by atoms with Gasteiger partial charge < -0.3 is 49.1 Å². The molecular formula is C27H46N8O6. The number of amides is 3. The van der Waals surface area contributed by atoms with Crippen LogP contribution in [0.5, 0.6) is 5.75 Å². The third kappa shape index (κ3) is 13.3. The van der Waals surface area contributed by atoms with Crippen molar-refractivity contribution in [3.63, 3.8) is 0 Å². The van der Waals surface area contributed by atoms with E-state index in [1.54, 1.807) is 19.1 Å². The lowest BCUT2D eigenvalue weighted by atomic mass is 9.98. The van der Waals surface area contributed by atoms with E-state index in [4.69, 9.17) is 22.9 Å². The Kier molecular flexibility index (Phi) is 15.8. The van der Waals surface area contributed by atoms with Crippen molar-refractivity contribution >= 4 is 29.7 Å². The number of unbranched alkanes of at least 4 members (excludes halogenated alkanes) is 1. The molecule has 3 amide bonds. The molecule has 0 saturated heterocycles. The Balaban J connectivity index is 3.06. The number of aliphatic carboxylic acids is 1. The molecule has 1 aromatic carbocycles. The molecule has 0 aliphatic heterocycles. The topological polar surface area (TPSA) is 261 Å². The molecule has 13 N–H and O–H groups in total. The van der Waals surface area contributed by atoms with Gasteiger partial charge in [0.25, 0.3) is 0 Å². The van der Waals surface area contributed by atoms with Gasteiger partial charge in [-0.2, -0.15) is 0 Å². The van der Waals surface area contributed by atoms with Crippen LogP contribution in [-0.2, 0) is 25.6 Å². The van der Waals surface area contributed by atoms with Gasteiger partial charge in [-0.15, -0.1) is 0 Å². The van der Waals surface area contributed by atoms with E-state index >= 15 is 0 Å². The predicted molar refractivity (Wildman–Crippen MR) is 155 cm³/mol. The first-order valence-electron chi connectivity index (χ1n) is 13.8. The fourth-order valence-corrected chi connectivity index (χ4v) is 4.00. The fourth-order valence-electron chi connectivity index (χ4n) is 4.00. The summed E-state index contributed by atoms with van der Waals surface area (Å²) in [6, 6.07) is 2.00. The fraction of sp³-hybridized carbons (Fsp3) is 0.593. The van der Waals surface area contributed by atoms with E-state index in [-0.39, 0.29) is 43.4 Å². The van der Waals surface area contributed by atoms with Gasteiger partial charge in [-0.3, -0.25) is 19.4 Å². The van der Waals surface area contributed by atoms with Crippen molar-refractivity contribution in [2.75, 3.05) is 13.1 Å². The first kappa shape index (κ1) is 35.1. The Hall–Kier alpha value is -3.91. The van der Waals surface area contributed by atoms with Crippen LogP contribution in [0.4, 0.5) is 0 Å². The number of rotatable bonds is 19. The van der Waals surface area contributed by atoms with Crippen molar-refractivity contribution in [2.45, 2.75) is 83.0 Å². The van der Waals surface area contributed by atoms with E-state index in [0.717, 1.165) is 5.56 Å². The number of phenolic OH excluding ortho intramolecular Hbond substituents is 1. The number of nitrogens with two attached hydrogens (primary N) is 4. The quantitative estimate of drug-likeness (QED) is 0.0551. The van der Waals surface area contributed by atoms with Crippen molar-refractivity contribution < 1.29 is 29.4 Å². The van der Waals surface area contributed by atoms with Crippen LogP contribution in [0.15, 0.2) is 29.3 Å². The van der Waals surface area contributed by atoms with Gasteiger partial charge in [0.1, 0.15) is 23.9 Å². The van der Waals surface area contributed by atoms with E-state index < -0.39 is 47.9 Å². The van der Waals surface area contributed by atoms with Crippen LogP contribution in [0.1, 0.15) is 57.9 Å². The predicted octanol–water partition coefficient (Wildman–Crippen LogP) is -0.970. The summed E-state index contributed by atoms with van der Waals surface area (Å²) in [5.41, 5.74) is 23.1. The minimum absolute atomic E-state index is 0.0825. The lowest BCUT2D eigenvalue weighted by Gasteiger charge is -2.26. The monoisotopic (exact) mass is 578 g/mol. The first-order valence-corrected chi connectivity index (χ1v) is 13.8. The zero-order valence-electron chi connectivity index (χ0n) is 23.8. The van der Waals surface area contributed by atoms with Gasteiger partial charge in [0.15, 0.2) is 5.96 Å². The smallest absolute Gasteiger partial charge is 0.326 e. The summed E-state index contributed by atoms with van der Waals surface area (Å²) >= 11 is 0. The molecule has 0 fully saturated rings. The summed E-state index contributed by atoms with van der Waals surface area (Å²) in [5.74, 6) is -3.44. The highest BCUT2D eigenvalue weighted by Gasteiger charge is 2.31. The summed E-state index contributed by atoms with van der Waals surface area (Å²) in [6.07, 6.45) is 2.50. The van der Waals surface area contributed by atoms with Crippen molar-refractivity contribution in [3.8, 4) is 5.75 Å². The average molecular weight is 579 g/mol. The molecule has 5 unspecified atom stereocenters. The second-order valence-electron chi connectivity index (χ2n) is 10.0. The van der Waals surface area contributed by atoms with E-state index in [0.29, 0.717) is 32.2 Å². The summed E-state index contributed by atoms with van der Waals surface area (Å²) in [4.78, 5) is 55.1. The largest absolute Gasteiger partial charge is 0.508 e. The molecule has 14 nitrogen and oxygen atoms in total. The van der Waals surface area contributed by atoms with Gasteiger partial charge in [-0.05, 0) is 68.7 Å². The zero-order chi connectivity index (χ0) is 30.9. The minimum Gasteiger partial charge on any atom is -0.508 e. The number of aliphatic imine (C=N–C) groups is 1. The number of phenols is 1. The molecule has 1 rings (SSSR count). The third-order valence-corrected chi connectivity index (χ3v) is 6.66. The highest BCUT2D eigenvalue weighted by Crippen LogP contribution is 2.12. The van der Waals surface area contributed by atoms with Gasteiger partial charge in [0.2, 0.25) is 17.7 Å². The highest BCUT2D eigenvalue weighted by atomic mass is 16.4. The molecule has 0 aromatic heterocycles. The number of carboxylic acid groups (broad SMARTS) is 1. The molecule has 5 atom stereocenters. The van der Waals surface area contributed by atoms with Crippen molar-refractivity contribution in [1.82, 2.24) is 16.0 Å². The zero-order valence-corrected chi connectivity index (χ0v) is 23.8. The maximum atomic E-state index is 13.4. The van der Waals surface area contributed by atoms with Crippen LogP contribution in [0.25, 0.3) is 0 Å². The number of guanidine groups is 1. The highest BCUT2D eigenvalue weighted by molar-refractivity contribution is 5.94. The minimum atomic E-state index is -1.19. The van der Waals surface area contributed by atoms with E-state index in [1.165, 1.54) is 12.1 Å². The number of carbonyl (C=O) groups excluding carboxylic acids is 3. The van der Waals surface area contributed by atoms with Crippen molar-refractivity contribution in [2.24, 2.45) is 33.8 Å². The normalized spacial score (nSPS) is 14.5.